The summed E-state index contributed by atoms with van der Waals surface area (Å²) in [7, 11) is 2.02. The number of amides is 1. The molecule has 1 aliphatic rings. The summed E-state index contributed by atoms with van der Waals surface area (Å²) in [4.78, 5) is 24.9. The van der Waals surface area contributed by atoms with Gasteiger partial charge in [0.05, 0.1) is 17.7 Å². The Morgan fingerprint density at radius 2 is 1.97 bits per heavy atom. The van der Waals surface area contributed by atoms with Gasteiger partial charge in [0.1, 0.15) is 22.2 Å². The number of primary amides is 1. The van der Waals surface area contributed by atoms with Crippen LogP contribution in [0.5, 0.6) is 0 Å². The van der Waals surface area contributed by atoms with Crippen molar-refractivity contribution in [3.8, 4) is 6.07 Å². The van der Waals surface area contributed by atoms with Crippen molar-refractivity contribution in [2.75, 3.05) is 38.1 Å². The summed E-state index contributed by atoms with van der Waals surface area (Å²) in [6.07, 6.45) is -3.24. The lowest BCUT2D eigenvalue weighted by molar-refractivity contribution is -0.137. The van der Waals surface area contributed by atoms with Crippen LogP contribution in [0.4, 0.5) is 24.7 Å². The maximum absolute atomic E-state index is 13.0. The second-order valence-electron chi connectivity index (χ2n) is 8.18. The molecule has 3 rings (SSSR count). The maximum atomic E-state index is 13.0. The average molecular weight is 503 g/mol. The first kappa shape index (κ1) is 26.3. The molecule has 1 saturated heterocycles. The topological polar surface area (TPSA) is 90.6 Å². The standard InChI is InChI=1S/C24H25F3N6OS/c1-4-17-18(14-28)23(31-22(19(17)30-2)33-11-5-10-32(3)12-13-33)35-20(21(29)34)15-6-8-16(9-7-15)24(25,26)27/h6-9,20H,4-5,10-13H2,1,3H3,(H2,29,34). The molecule has 184 valence electrons. The molecule has 7 nitrogen and oxygen atoms in total. The van der Waals surface area contributed by atoms with Gasteiger partial charge in [0.15, 0.2) is 0 Å². The third-order valence-corrected chi connectivity index (χ3v) is 7.10. The molecule has 0 bridgehead atoms. The largest absolute Gasteiger partial charge is 0.416 e. The Morgan fingerprint density at radius 1 is 1.29 bits per heavy atom. The number of anilines is 1. The summed E-state index contributed by atoms with van der Waals surface area (Å²) >= 11 is 0.918. The zero-order valence-electron chi connectivity index (χ0n) is 19.4. The number of pyridine rings is 1. The summed E-state index contributed by atoms with van der Waals surface area (Å²) in [5.74, 6) is -0.324. The van der Waals surface area contributed by atoms with Crippen LogP contribution in [0.1, 0.15) is 40.8 Å². The summed E-state index contributed by atoms with van der Waals surface area (Å²) in [6, 6.07) is 6.30. The SMILES string of the molecule is [C-]#[N+]c1c(N2CCCN(C)CC2)nc(SC(C(N)=O)c2ccc(C(F)(F)F)cc2)c(C#N)c1CC. The van der Waals surface area contributed by atoms with Gasteiger partial charge in [-0.2, -0.15) is 18.4 Å². The summed E-state index contributed by atoms with van der Waals surface area (Å²) in [6.45, 7) is 12.6. The number of thioether (sulfide) groups is 1. The van der Waals surface area contributed by atoms with E-state index >= 15 is 0 Å². The lowest BCUT2D eigenvalue weighted by Gasteiger charge is -2.26. The fourth-order valence-electron chi connectivity index (χ4n) is 3.98. The van der Waals surface area contributed by atoms with Gasteiger partial charge in [-0.15, -0.1) is 0 Å². The molecule has 0 aliphatic carbocycles. The number of likely N-dealkylation sites (N-methyl/N-ethyl adjacent to an activating group) is 1. The molecular weight excluding hydrogens is 477 g/mol. The number of aromatic nitrogens is 1. The maximum Gasteiger partial charge on any atom is 0.416 e. The average Bonchev–Trinajstić information content (AvgIpc) is 3.05. The van der Waals surface area contributed by atoms with E-state index < -0.39 is 22.9 Å². The Balaban J connectivity index is 2.09. The number of carbonyl (C=O) groups is 1. The van der Waals surface area contributed by atoms with Crippen LogP contribution >= 0.6 is 11.8 Å². The fourth-order valence-corrected chi connectivity index (χ4v) is 5.04. The molecule has 35 heavy (non-hydrogen) atoms. The molecule has 1 amide bonds. The molecule has 0 spiro atoms. The third kappa shape index (κ3) is 5.87. The van der Waals surface area contributed by atoms with Crippen LogP contribution in [0.25, 0.3) is 4.85 Å². The molecule has 0 saturated carbocycles. The minimum Gasteiger partial charge on any atom is -0.368 e. The molecule has 1 unspecified atom stereocenters. The van der Waals surface area contributed by atoms with Crippen LogP contribution in [0.15, 0.2) is 29.3 Å². The lowest BCUT2D eigenvalue weighted by atomic mass is 10.1. The summed E-state index contributed by atoms with van der Waals surface area (Å²) in [5.41, 5.74) is 6.07. The third-order valence-electron chi connectivity index (χ3n) is 5.85. The Hall–Kier alpha value is -3.28. The van der Waals surface area contributed by atoms with Crippen molar-refractivity contribution < 1.29 is 18.0 Å². The van der Waals surface area contributed by atoms with Gasteiger partial charge in [-0.3, -0.25) is 4.79 Å². The number of benzene rings is 1. The number of nitrogens with zero attached hydrogens (tertiary/aromatic N) is 5. The van der Waals surface area contributed by atoms with Gasteiger partial charge in [0.2, 0.25) is 11.6 Å². The van der Waals surface area contributed by atoms with Crippen molar-refractivity contribution in [2.45, 2.75) is 36.2 Å². The second-order valence-corrected chi connectivity index (χ2v) is 9.28. The number of carbonyl (C=O) groups excluding carboxylic acids is 1. The Bertz CT molecular complexity index is 1170. The first-order valence-electron chi connectivity index (χ1n) is 11.0. The Morgan fingerprint density at radius 3 is 2.51 bits per heavy atom. The van der Waals surface area contributed by atoms with Crippen molar-refractivity contribution in [1.29, 1.82) is 5.26 Å². The smallest absolute Gasteiger partial charge is 0.368 e. The number of rotatable bonds is 6. The van der Waals surface area contributed by atoms with Gasteiger partial charge in [-0.25, -0.2) is 9.83 Å². The molecule has 1 aromatic carbocycles. The van der Waals surface area contributed by atoms with Crippen molar-refractivity contribution in [3.05, 3.63) is 57.9 Å². The van der Waals surface area contributed by atoms with Gasteiger partial charge in [0.25, 0.3) is 0 Å². The van der Waals surface area contributed by atoms with Gasteiger partial charge in [-0.1, -0.05) is 30.8 Å². The number of halogens is 3. The second kappa shape index (κ2) is 11.0. The number of hydrogen-bond donors (Lipinski definition) is 1. The first-order chi connectivity index (χ1) is 16.6. The van der Waals surface area contributed by atoms with Crippen LogP contribution < -0.4 is 10.6 Å². The summed E-state index contributed by atoms with van der Waals surface area (Å²) in [5, 5.41) is 9.08. The van der Waals surface area contributed by atoms with Crippen LogP contribution in [0.2, 0.25) is 0 Å². The first-order valence-corrected chi connectivity index (χ1v) is 11.9. The summed E-state index contributed by atoms with van der Waals surface area (Å²) < 4.78 is 38.9. The van der Waals surface area contributed by atoms with Gasteiger partial charge >= 0.3 is 6.18 Å². The van der Waals surface area contributed by atoms with Crippen molar-refractivity contribution in [1.82, 2.24) is 9.88 Å². The van der Waals surface area contributed by atoms with Crippen LogP contribution in [0, 0.1) is 17.9 Å². The van der Waals surface area contributed by atoms with E-state index in [0.29, 0.717) is 36.6 Å². The van der Waals surface area contributed by atoms with Gasteiger partial charge < -0.3 is 15.5 Å². The van der Waals surface area contributed by atoms with Crippen molar-refractivity contribution in [3.63, 3.8) is 0 Å². The van der Waals surface area contributed by atoms with Crippen LogP contribution in [-0.4, -0.2) is 49.0 Å². The molecule has 1 atom stereocenters. The predicted molar refractivity (Wildman–Crippen MR) is 128 cm³/mol. The minimum absolute atomic E-state index is 0.178. The number of nitriles is 1. The predicted octanol–water partition coefficient (Wildman–Crippen LogP) is 4.55. The highest BCUT2D eigenvalue weighted by Gasteiger charge is 2.32. The van der Waals surface area contributed by atoms with Crippen LogP contribution in [-0.2, 0) is 17.4 Å². The quantitative estimate of drug-likeness (QED) is 0.461. The Kier molecular flexibility index (Phi) is 8.26. The fraction of sp³-hybridized carbons (Fsp3) is 0.417. The van der Waals surface area contributed by atoms with E-state index in [9.17, 15) is 23.2 Å². The monoisotopic (exact) mass is 502 g/mol. The molecule has 1 fully saturated rings. The van der Waals surface area contributed by atoms with E-state index in [2.05, 4.69) is 20.8 Å². The Labute approximate surface area is 206 Å². The van der Waals surface area contributed by atoms with E-state index in [1.165, 1.54) is 12.1 Å². The number of hydrogen-bond acceptors (Lipinski definition) is 6. The van der Waals surface area contributed by atoms with E-state index in [4.69, 9.17) is 12.3 Å². The van der Waals surface area contributed by atoms with Crippen LogP contribution in [0.3, 0.4) is 0 Å². The highest BCUT2D eigenvalue weighted by Crippen LogP contribution is 2.43. The molecule has 2 heterocycles. The molecule has 2 aromatic rings. The highest BCUT2D eigenvalue weighted by molar-refractivity contribution is 8.00. The molecule has 11 heteroatoms. The van der Waals surface area contributed by atoms with E-state index in [1.54, 1.807) is 0 Å². The minimum atomic E-state index is -4.51. The number of nitrogens with two attached hydrogens (primary N) is 1. The molecule has 1 aliphatic heterocycles. The van der Waals surface area contributed by atoms with Crippen molar-refractivity contribution >= 4 is 29.2 Å². The molecular formula is C24H25F3N6OS. The zero-order chi connectivity index (χ0) is 25.8. The van der Waals surface area contributed by atoms with E-state index in [0.717, 1.165) is 43.4 Å². The molecule has 0 radical (unpaired) electrons. The number of alkyl halides is 3. The zero-order valence-corrected chi connectivity index (χ0v) is 20.2. The van der Waals surface area contributed by atoms with Crippen molar-refractivity contribution in [2.24, 2.45) is 5.73 Å². The normalized spacial score (nSPS) is 15.7. The molecule has 2 N–H and O–H groups in total. The molecule has 1 aromatic heterocycles. The van der Waals surface area contributed by atoms with E-state index in [-0.39, 0.29) is 16.2 Å². The van der Waals surface area contributed by atoms with Gasteiger partial charge in [0, 0.05) is 19.6 Å². The lowest BCUT2D eigenvalue weighted by Crippen LogP contribution is -2.30. The highest BCUT2D eigenvalue weighted by atomic mass is 32.2. The van der Waals surface area contributed by atoms with E-state index in [1.807, 2.05) is 18.9 Å². The van der Waals surface area contributed by atoms with Gasteiger partial charge in [-0.05, 0) is 49.7 Å².